The summed E-state index contributed by atoms with van der Waals surface area (Å²) in [5.74, 6) is 0.699. The third-order valence-corrected chi connectivity index (χ3v) is 2.62. The van der Waals surface area contributed by atoms with Gasteiger partial charge in [-0.2, -0.15) is 0 Å². The summed E-state index contributed by atoms with van der Waals surface area (Å²) in [7, 11) is 0. The van der Waals surface area contributed by atoms with E-state index in [0.29, 0.717) is 17.8 Å². The molecule has 1 N–H and O–H groups in total. The number of aliphatic hydroxyl groups is 1. The van der Waals surface area contributed by atoms with E-state index in [1.54, 1.807) is 12.4 Å². The predicted molar refractivity (Wildman–Crippen MR) is 62.2 cm³/mol. The van der Waals surface area contributed by atoms with E-state index in [9.17, 15) is 0 Å². The summed E-state index contributed by atoms with van der Waals surface area (Å²) in [6.07, 6.45) is 3.85. The molecular formula is C12H11ClN2O. The van der Waals surface area contributed by atoms with Gasteiger partial charge in [0.15, 0.2) is 0 Å². The van der Waals surface area contributed by atoms with Crippen molar-refractivity contribution in [1.29, 1.82) is 0 Å². The lowest BCUT2D eigenvalue weighted by atomic mass is 10.1. The Balaban J connectivity index is 2.18. The second-order valence-electron chi connectivity index (χ2n) is 3.43. The van der Waals surface area contributed by atoms with Crippen LogP contribution in [0.5, 0.6) is 0 Å². The number of aromatic nitrogens is 2. The highest BCUT2D eigenvalue weighted by Gasteiger charge is 2.03. The van der Waals surface area contributed by atoms with E-state index in [0.717, 1.165) is 10.6 Å². The quantitative estimate of drug-likeness (QED) is 0.886. The Morgan fingerprint density at radius 1 is 1.12 bits per heavy atom. The maximum atomic E-state index is 8.86. The molecule has 1 heterocycles. The van der Waals surface area contributed by atoms with Gasteiger partial charge < -0.3 is 5.11 Å². The minimum atomic E-state index is -0.0353. The second kappa shape index (κ2) is 5.05. The fourth-order valence-corrected chi connectivity index (χ4v) is 1.57. The fourth-order valence-electron chi connectivity index (χ4n) is 1.37. The molecule has 0 aliphatic heterocycles. The van der Waals surface area contributed by atoms with Crippen LogP contribution in [0, 0.1) is 0 Å². The van der Waals surface area contributed by atoms with Crippen molar-refractivity contribution >= 4 is 11.6 Å². The maximum Gasteiger partial charge on any atom is 0.132 e. The fraction of sp³-hybridized carbons (Fsp3) is 0.167. The van der Waals surface area contributed by atoms with E-state index in [2.05, 4.69) is 9.97 Å². The minimum Gasteiger partial charge on any atom is -0.392 e. The van der Waals surface area contributed by atoms with Crippen LogP contribution in [-0.2, 0) is 13.0 Å². The van der Waals surface area contributed by atoms with Crippen molar-refractivity contribution in [3.05, 3.63) is 58.6 Å². The number of hydrogen-bond acceptors (Lipinski definition) is 3. The number of aliphatic hydroxyl groups excluding tert-OH is 1. The third kappa shape index (κ3) is 2.56. The molecule has 3 nitrogen and oxygen atoms in total. The van der Waals surface area contributed by atoms with E-state index in [-0.39, 0.29) is 6.61 Å². The molecule has 0 radical (unpaired) electrons. The van der Waals surface area contributed by atoms with Gasteiger partial charge in [0, 0.05) is 29.4 Å². The van der Waals surface area contributed by atoms with E-state index < -0.39 is 0 Å². The highest BCUT2D eigenvalue weighted by atomic mass is 35.5. The molecule has 0 saturated carbocycles. The first-order valence-electron chi connectivity index (χ1n) is 4.93. The van der Waals surface area contributed by atoms with Crippen LogP contribution in [-0.4, -0.2) is 15.1 Å². The van der Waals surface area contributed by atoms with Crippen LogP contribution in [0.3, 0.4) is 0 Å². The van der Waals surface area contributed by atoms with Gasteiger partial charge in [-0.3, -0.25) is 0 Å². The Hall–Kier alpha value is -1.45. The highest BCUT2D eigenvalue weighted by Crippen LogP contribution is 2.17. The largest absolute Gasteiger partial charge is 0.392 e. The van der Waals surface area contributed by atoms with Gasteiger partial charge in [0.05, 0.1) is 6.61 Å². The first-order valence-corrected chi connectivity index (χ1v) is 5.31. The first kappa shape index (κ1) is 11.0. The average Bonchev–Trinajstić information content (AvgIpc) is 2.33. The van der Waals surface area contributed by atoms with Crippen molar-refractivity contribution in [2.45, 2.75) is 13.0 Å². The maximum absolute atomic E-state index is 8.86. The summed E-state index contributed by atoms with van der Waals surface area (Å²) in [6, 6.07) is 7.62. The lowest BCUT2D eigenvalue weighted by Crippen LogP contribution is -1.98. The average molecular weight is 235 g/mol. The van der Waals surface area contributed by atoms with Crippen LogP contribution in [0.1, 0.15) is 17.0 Å². The number of nitrogens with zero attached hydrogens (tertiary/aromatic N) is 2. The van der Waals surface area contributed by atoms with Crippen molar-refractivity contribution in [2.24, 2.45) is 0 Å². The van der Waals surface area contributed by atoms with Crippen LogP contribution < -0.4 is 0 Å². The monoisotopic (exact) mass is 234 g/mol. The predicted octanol–water partition coefficient (Wildman–Crippen LogP) is 2.21. The zero-order chi connectivity index (χ0) is 11.4. The van der Waals surface area contributed by atoms with Crippen molar-refractivity contribution in [2.75, 3.05) is 0 Å². The highest BCUT2D eigenvalue weighted by molar-refractivity contribution is 6.31. The lowest BCUT2D eigenvalue weighted by molar-refractivity contribution is 0.280. The molecule has 0 atom stereocenters. The minimum absolute atomic E-state index is 0.0353. The summed E-state index contributed by atoms with van der Waals surface area (Å²) in [5.41, 5.74) is 1.71. The van der Waals surface area contributed by atoms with Gasteiger partial charge in [-0.15, -0.1) is 0 Å². The molecule has 0 aliphatic rings. The third-order valence-electron chi connectivity index (χ3n) is 2.25. The van der Waals surface area contributed by atoms with Crippen molar-refractivity contribution < 1.29 is 5.11 Å². The molecule has 1 aromatic carbocycles. The molecule has 0 unspecified atom stereocenters. The Labute approximate surface area is 98.8 Å². The van der Waals surface area contributed by atoms with Gasteiger partial charge in [0.2, 0.25) is 0 Å². The van der Waals surface area contributed by atoms with E-state index in [4.69, 9.17) is 16.7 Å². The normalized spacial score (nSPS) is 10.4. The molecule has 16 heavy (non-hydrogen) atoms. The number of benzene rings is 1. The van der Waals surface area contributed by atoms with Crippen molar-refractivity contribution in [3.8, 4) is 0 Å². The number of hydrogen-bond donors (Lipinski definition) is 1. The molecule has 2 rings (SSSR count). The Bertz CT molecular complexity index is 471. The van der Waals surface area contributed by atoms with Gasteiger partial charge >= 0.3 is 0 Å². The molecule has 0 bridgehead atoms. The summed E-state index contributed by atoms with van der Waals surface area (Å²) in [6.45, 7) is -0.0353. The SMILES string of the molecule is OCc1cnc(Cc2ccccc2Cl)nc1. The number of rotatable bonds is 3. The Morgan fingerprint density at radius 2 is 1.81 bits per heavy atom. The topological polar surface area (TPSA) is 46.0 Å². The molecule has 0 amide bonds. The summed E-state index contributed by atoms with van der Waals surface area (Å²) < 4.78 is 0. The van der Waals surface area contributed by atoms with Crippen LogP contribution in [0.2, 0.25) is 5.02 Å². The van der Waals surface area contributed by atoms with Crippen molar-refractivity contribution in [1.82, 2.24) is 9.97 Å². The van der Waals surface area contributed by atoms with E-state index in [1.165, 1.54) is 0 Å². The molecule has 1 aromatic heterocycles. The molecule has 0 aliphatic carbocycles. The molecule has 0 fully saturated rings. The zero-order valence-corrected chi connectivity index (χ0v) is 9.35. The van der Waals surface area contributed by atoms with Gasteiger partial charge in [-0.25, -0.2) is 9.97 Å². The Morgan fingerprint density at radius 3 is 2.44 bits per heavy atom. The smallest absolute Gasteiger partial charge is 0.132 e. The lowest BCUT2D eigenvalue weighted by Gasteiger charge is -2.03. The van der Waals surface area contributed by atoms with E-state index in [1.807, 2.05) is 24.3 Å². The molecular weight excluding hydrogens is 224 g/mol. The van der Waals surface area contributed by atoms with Gasteiger partial charge in [0.25, 0.3) is 0 Å². The molecule has 0 saturated heterocycles. The van der Waals surface area contributed by atoms with E-state index >= 15 is 0 Å². The van der Waals surface area contributed by atoms with Crippen LogP contribution in [0.4, 0.5) is 0 Å². The number of halogens is 1. The summed E-state index contributed by atoms with van der Waals surface area (Å²) in [4.78, 5) is 8.31. The van der Waals surface area contributed by atoms with Crippen LogP contribution >= 0.6 is 11.6 Å². The second-order valence-corrected chi connectivity index (χ2v) is 3.84. The standard InChI is InChI=1S/C12H11ClN2O/c13-11-4-2-1-3-10(11)5-12-14-6-9(8-16)7-15-12/h1-4,6-7,16H,5,8H2. The zero-order valence-electron chi connectivity index (χ0n) is 8.60. The van der Waals surface area contributed by atoms with Crippen molar-refractivity contribution in [3.63, 3.8) is 0 Å². The van der Waals surface area contributed by atoms with Gasteiger partial charge in [-0.1, -0.05) is 29.8 Å². The summed E-state index contributed by atoms with van der Waals surface area (Å²) in [5, 5.41) is 9.58. The van der Waals surface area contributed by atoms with Gasteiger partial charge in [0.1, 0.15) is 5.82 Å². The Kier molecular flexibility index (Phi) is 3.49. The summed E-state index contributed by atoms with van der Waals surface area (Å²) >= 11 is 6.04. The van der Waals surface area contributed by atoms with Crippen LogP contribution in [0.15, 0.2) is 36.7 Å². The van der Waals surface area contributed by atoms with Gasteiger partial charge in [-0.05, 0) is 11.6 Å². The molecule has 2 aromatic rings. The first-order chi connectivity index (χ1) is 7.79. The molecule has 82 valence electrons. The molecule has 0 spiro atoms. The van der Waals surface area contributed by atoms with Crippen LogP contribution in [0.25, 0.3) is 0 Å². The molecule has 4 heteroatoms.